The summed E-state index contributed by atoms with van der Waals surface area (Å²) >= 11 is 0. The summed E-state index contributed by atoms with van der Waals surface area (Å²) < 4.78 is 16.1. The van der Waals surface area contributed by atoms with Gasteiger partial charge in [-0.25, -0.2) is 0 Å². The third kappa shape index (κ3) is 6.67. The van der Waals surface area contributed by atoms with E-state index in [4.69, 9.17) is 14.2 Å². The predicted molar refractivity (Wildman–Crippen MR) is 88.9 cm³/mol. The number of guanidine groups is 1. The molecule has 0 amide bonds. The van der Waals surface area contributed by atoms with Gasteiger partial charge in [-0.2, -0.15) is 0 Å². The number of hydrogen-bond acceptors (Lipinski definition) is 4. The topological polar surface area (TPSA) is 64.1 Å². The molecule has 0 saturated carbocycles. The molecular weight excluding hydrogens is 282 g/mol. The molecule has 0 bridgehead atoms. The standard InChI is InChI=1S/C16H27N3O3/c1-12(11-20-4)19-16(17-3)18-10-13(2)22-15-8-6-7-14(9-15)21-5/h6-9,12-13H,10-11H2,1-5H3,(H2,17,18,19). The highest BCUT2D eigenvalue weighted by molar-refractivity contribution is 5.79. The van der Waals surface area contributed by atoms with Crippen LogP contribution in [0.15, 0.2) is 29.3 Å². The van der Waals surface area contributed by atoms with Gasteiger partial charge in [-0.15, -0.1) is 0 Å². The highest BCUT2D eigenvalue weighted by atomic mass is 16.5. The molecule has 0 aliphatic rings. The summed E-state index contributed by atoms with van der Waals surface area (Å²) in [6.07, 6.45) is -0.0108. The van der Waals surface area contributed by atoms with E-state index >= 15 is 0 Å². The Kier molecular flexibility index (Phi) is 8.14. The fourth-order valence-corrected chi connectivity index (χ4v) is 1.91. The summed E-state index contributed by atoms with van der Waals surface area (Å²) in [5.74, 6) is 2.29. The fourth-order valence-electron chi connectivity index (χ4n) is 1.91. The van der Waals surface area contributed by atoms with Crippen LogP contribution in [0.25, 0.3) is 0 Å². The third-order valence-corrected chi connectivity index (χ3v) is 2.96. The highest BCUT2D eigenvalue weighted by Crippen LogP contribution is 2.19. The van der Waals surface area contributed by atoms with Gasteiger partial charge in [0.1, 0.15) is 17.6 Å². The number of rotatable bonds is 8. The van der Waals surface area contributed by atoms with E-state index in [0.29, 0.717) is 13.2 Å². The SMILES string of the molecule is CN=C(NCC(C)Oc1cccc(OC)c1)NC(C)COC. The molecule has 0 heterocycles. The van der Waals surface area contributed by atoms with Crippen LogP contribution in [0.4, 0.5) is 0 Å². The van der Waals surface area contributed by atoms with Gasteiger partial charge in [0.2, 0.25) is 0 Å². The van der Waals surface area contributed by atoms with Crippen LogP contribution in [0.3, 0.4) is 0 Å². The summed E-state index contributed by atoms with van der Waals surface area (Å²) in [6.45, 7) is 5.29. The quantitative estimate of drug-likeness (QED) is 0.565. The molecule has 0 aromatic heterocycles. The average molecular weight is 309 g/mol. The van der Waals surface area contributed by atoms with Gasteiger partial charge in [0, 0.05) is 26.3 Å². The molecule has 2 atom stereocenters. The van der Waals surface area contributed by atoms with Crippen molar-refractivity contribution in [2.24, 2.45) is 4.99 Å². The number of benzene rings is 1. The Labute approximate surface area is 132 Å². The van der Waals surface area contributed by atoms with Crippen molar-refractivity contribution in [1.82, 2.24) is 10.6 Å². The minimum absolute atomic E-state index is 0.0108. The van der Waals surface area contributed by atoms with Gasteiger partial charge in [-0.05, 0) is 26.0 Å². The van der Waals surface area contributed by atoms with Crippen LogP contribution in [-0.4, -0.2) is 52.5 Å². The Morgan fingerprint density at radius 1 is 1.23 bits per heavy atom. The second-order valence-corrected chi connectivity index (χ2v) is 5.06. The van der Waals surface area contributed by atoms with E-state index in [1.54, 1.807) is 21.3 Å². The van der Waals surface area contributed by atoms with Crippen molar-refractivity contribution in [2.45, 2.75) is 26.0 Å². The lowest BCUT2D eigenvalue weighted by atomic mass is 10.3. The second kappa shape index (κ2) is 9.89. The van der Waals surface area contributed by atoms with Gasteiger partial charge in [-0.1, -0.05) is 6.07 Å². The molecule has 0 spiro atoms. The molecule has 6 nitrogen and oxygen atoms in total. The van der Waals surface area contributed by atoms with E-state index in [-0.39, 0.29) is 12.1 Å². The Morgan fingerprint density at radius 3 is 2.59 bits per heavy atom. The highest BCUT2D eigenvalue weighted by Gasteiger charge is 2.08. The van der Waals surface area contributed by atoms with Crippen LogP contribution >= 0.6 is 0 Å². The molecular formula is C16H27N3O3. The van der Waals surface area contributed by atoms with Gasteiger partial charge in [0.25, 0.3) is 0 Å². The number of hydrogen-bond donors (Lipinski definition) is 2. The van der Waals surface area contributed by atoms with Gasteiger partial charge in [-0.3, -0.25) is 4.99 Å². The zero-order chi connectivity index (χ0) is 16.4. The monoisotopic (exact) mass is 309 g/mol. The number of nitrogens with zero attached hydrogens (tertiary/aromatic N) is 1. The van der Waals surface area contributed by atoms with Crippen molar-refractivity contribution in [2.75, 3.05) is 34.4 Å². The number of nitrogens with one attached hydrogen (secondary N) is 2. The number of ether oxygens (including phenoxy) is 3. The molecule has 124 valence electrons. The Balaban J connectivity index is 2.42. The Bertz CT molecular complexity index is 466. The summed E-state index contributed by atoms with van der Waals surface area (Å²) in [5, 5.41) is 6.48. The zero-order valence-corrected chi connectivity index (χ0v) is 14.1. The maximum absolute atomic E-state index is 5.85. The van der Waals surface area contributed by atoms with Crippen LogP contribution in [0.2, 0.25) is 0 Å². The molecule has 1 rings (SSSR count). The normalized spacial score (nSPS) is 14.1. The van der Waals surface area contributed by atoms with E-state index in [1.807, 2.05) is 38.1 Å². The zero-order valence-electron chi connectivity index (χ0n) is 14.1. The van der Waals surface area contributed by atoms with Crippen molar-refractivity contribution in [3.8, 4) is 11.5 Å². The first-order valence-electron chi connectivity index (χ1n) is 7.35. The molecule has 0 aliphatic heterocycles. The summed E-state index contributed by atoms with van der Waals surface area (Å²) in [7, 11) is 5.06. The predicted octanol–water partition coefficient (Wildman–Crippen LogP) is 1.66. The van der Waals surface area contributed by atoms with Crippen molar-refractivity contribution >= 4 is 5.96 Å². The van der Waals surface area contributed by atoms with E-state index in [0.717, 1.165) is 17.5 Å². The lowest BCUT2D eigenvalue weighted by Crippen LogP contribution is -2.46. The first kappa shape index (κ1) is 18.1. The summed E-state index contributed by atoms with van der Waals surface area (Å²) in [6, 6.07) is 7.75. The van der Waals surface area contributed by atoms with Crippen LogP contribution < -0.4 is 20.1 Å². The van der Waals surface area contributed by atoms with Gasteiger partial charge < -0.3 is 24.8 Å². The van der Waals surface area contributed by atoms with Crippen LogP contribution in [-0.2, 0) is 4.74 Å². The second-order valence-electron chi connectivity index (χ2n) is 5.06. The van der Waals surface area contributed by atoms with E-state index in [2.05, 4.69) is 15.6 Å². The van der Waals surface area contributed by atoms with Crippen molar-refractivity contribution in [1.29, 1.82) is 0 Å². The van der Waals surface area contributed by atoms with Crippen LogP contribution in [0.5, 0.6) is 11.5 Å². The smallest absolute Gasteiger partial charge is 0.191 e. The van der Waals surface area contributed by atoms with Crippen LogP contribution in [0.1, 0.15) is 13.8 Å². The van der Waals surface area contributed by atoms with Gasteiger partial charge >= 0.3 is 0 Å². The van der Waals surface area contributed by atoms with Crippen molar-refractivity contribution < 1.29 is 14.2 Å². The maximum Gasteiger partial charge on any atom is 0.191 e. The molecule has 2 unspecified atom stereocenters. The largest absolute Gasteiger partial charge is 0.497 e. The average Bonchev–Trinajstić information content (AvgIpc) is 2.51. The van der Waals surface area contributed by atoms with Crippen molar-refractivity contribution in [3.05, 3.63) is 24.3 Å². The Hall–Kier alpha value is -1.95. The number of methoxy groups -OCH3 is 2. The first-order valence-corrected chi connectivity index (χ1v) is 7.35. The lowest BCUT2D eigenvalue weighted by molar-refractivity contribution is 0.178. The van der Waals surface area contributed by atoms with E-state index in [1.165, 1.54) is 0 Å². The van der Waals surface area contributed by atoms with Crippen LogP contribution in [0, 0.1) is 0 Å². The molecule has 1 aromatic rings. The maximum atomic E-state index is 5.85. The molecule has 6 heteroatoms. The minimum Gasteiger partial charge on any atom is -0.497 e. The molecule has 0 saturated heterocycles. The molecule has 0 aliphatic carbocycles. The van der Waals surface area contributed by atoms with Gasteiger partial charge in [0.15, 0.2) is 5.96 Å². The van der Waals surface area contributed by atoms with E-state index in [9.17, 15) is 0 Å². The number of aliphatic imine (C=N–C) groups is 1. The first-order chi connectivity index (χ1) is 10.6. The molecule has 2 N–H and O–H groups in total. The van der Waals surface area contributed by atoms with Gasteiger partial charge in [0.05, 0.1) is 20.3 Å². The van der Waals surface area contributed by atoms with E-state index < -0.39 is 0 Å². The molecule has 22 heavy (non-hydrogen) atoms. The van der Waals surface area contributed by atoms with Crippen molar-refractivity contribution in [3.63, 3.8) is 0 Å². The molecule has 0 fully saturated rings. The summed E-state index contributed by atoms with van der Waals surface area (Å²) in [4.78, 5) is 4.18. The Morgan fingerprint density at radius 2 is 1.95 bits per heavy atom. The molecule has 0 radical (unpaired) electrons. The molecule has 1 aromatic carbocycles. The third-order valence-electron chi connectivity index (χ3n) is 2.96. The lowest BCUT2D eigenvalue weighted by Gasteiger charge is -2.20. The summed E-state index contributed by atoms with van der Waals surface area (Å²) in [5.41, 5.74) is 0. The minimum atomic E-state index is -0.0108. The fraction of sp³-hybridized carbons (Fsp3) is 0.562.